The van der Waals surface area contributed by atoms with Gasteiger partial charge in [0.25, 0.3) is 5.91 Å². The summed E-state index contributed by atoms with van der Waals surface area (Å²) in [5, 5.41) is 3.03. The molecule has 1 aliphatic heterocycles. The Hall–Kier alpha value is -1.97. The Morgan fingerprint density at radius 3 is 2.41 bits per heavy atom. The Bertz CT molecular complexity index is 721. The van der Waals surface area contributed by atoms with Gasteiger partial charge in [-0.25, -0.2) is 4.79 Å². The van der Waals surface area contributed by atoms with Crippen molar-refractivity contribution >= 4 is 34.1 Å². The summed E-state index contributed by atoms with van der Waals surface area (Å²) in [4.78, 5) is 38.9. The molecule has 2 heterocycles. The average molecular weight is 397 g/mol. The van der Waals surface area contributed by atoms with Crippen molar-refractivity contribution in [3.8, 4) is 0 Å². The fraction of sp³-hybridized carbons (Fsp3) is 0.611. The molecule has 1 fully saturated rings. The molecule has 0 aliphatic carbocycles. The van der Waals surface area contributed by atoms with E-state index in [1.54, 1.807) is 20.8 Å². The summed E-state index contributed by atoms with van der Waals surface area (Å²) in [6, 6.07) is 0. The summed E-state index contributed by atoms with van der Waals surface area (Å²) in [7, 11) is 0. The zero-order chi connectivity index (χ0) is 20.3. The second-order valence-electron chi connectivity index (χ2n) is 7.08. The van der Waals surface area contributed by atoms with E-state index in [1.807, 2.05) is 18.7 Å². The highest BCUT2D eigenvalue weighted by molar-refractivity contribution is 7.18. The van der Waals surface area contributed by atoms with Gasteiger partial charge in [0.2, 0.25) is 5.91 Å². The molecule has 1 aromatic rings. The molecule has 2 rings (SSSR count). The number of carbonyl (C=O) groups excluding carboxylic acids is 3. The van der Waals surface area contributed by atoms with Crippen molar-refractivity contribution < 1.29 is 23.9 Å². The maximum absolute atomic E-state index is 12.5. The van der Waals surface area contributed by atoms with Crippen molar-refractivity contribution in [1.29, 1.82) is 0 Å². The molecule has 2 atom stereocenters. The van der Waals surface area contributed by atoms with Gasteiger partial charge in [-0.2, -0.15) is 0 Å². The Kier molecular flexibility index (Phi) is 6.96. The fourth-order valence-electron chi connectivity index (χ4n) is 3.14. The third-order valence-electron chi connectivity index (χ3n) is 4.03. The van der Waals surface area contributed by atoms with Gasteiger partial charge in [0, 0.05) is 13.1 Å². The molecule has 0 saturated carbocycles. The second-order valence-corrected chi connectivity index (χ2v) is 8.10. The maximum atomic E-state index is 12.5. The fourth-order valence-corrected chi connectivity index (χ4v) is 4.20. The van der Waals surface area contributed by atoms with E-state index in [1.165, 1.54) is 0 Å². The van der Waals surface area contributed by atoms with E-state index in [-0.39, 0.29) is 46.2 Å². The van der Waals surface area contributed by atoms with E-state index in [4.69, 9.17) is 15.2 Å². The number of hydrogen-bond acceptors (Lipinski definition) is 7. The summed E-state index contributed by atoms with van der Waals surface area (Å²) >= 11 is 0.991. The number of esters is 1. The lowest BCUT2D eigenvalue weighted by molar-refractivity contribution is -0.121. The van der Waals surface area contributed by atoms with Crippen molar-refractivity contribution in [3.05, 3.63) is 16.0 Å². The van der Waals surface area contributed by atoms with Gasteiger partial charge in [-0.15, -0.1) is 11.3 Å². The molecule has 0 spiro atoms. The van der Waals surface area contributed by atoms with E-state index in [2.05, 4.69) is 5.32 Å². The average Bonchev–Trinajstić information content (AvgIpc) is 2.81. The number of morpholine rings is 1. The van der Waals surface area contributed by atoms with Gasteiger partial charge in [0.15, 0.2) is 0 Å². The van der Waals surface area contributed by atoms with Crippen molar-refractivity contribution in [2.45, 2.75) is 52.9 Å². The van der Waals surface area contributed by atoms with Crippen molar-refractivity contribution in [3.63, 3.8) is 0 Å². The molecular formula is C18H27N3O5S. The van der Waals surface area contributed by atoms with Crippen LogP contribution < -0.4 is 11.1 Å². The minimum absolute atomic E-state index is 0.0450. The molecule has 3 N–H and O–H groups in total. The predicted octanol–water partition coefficient (Wildman–Crippen LogP) is 1.77. The van der Waals surface area contributed by atoms with Gasteiger partial charge >= 0.3 is 5.97 Å². The highest BCUT2D eigenvalue weighted by atomic mass is 32.1. The highest BCUT2D eigenvalue weighted by Gasteiger charge is 2.28. The number of nitrogens with one attached hydrogen (secondary N) is 1. The van der Waals surface area contributed by atoms with Crippen molar-refractivity contribution in [2.75, 3.05) is 25.0 Å². The first kappa shape index (κ1) is 21.3. The van der Waals surface area contributed by atoms with Crippen molar-refractivity contribution in [1.82, 2.24) is 4.90 Å². The van der Waals surface area contributed by atoms with Crippen LogP contribution in [0.2, 0.25) is 0 Å². The number of hydrogen-bond donors (Lipinski definition) is 2. The molecule has 0 radical (unpaired) electrons. The minimum Gasteiger partial charge on any atom is -0.459 e. The minimum atomic E-state index is -0.646. The smallest absolute Gasteiger partial charge is 0.341 e. The summed E-state index contributed by atoms with van der Waals surface area (Å²) in [6.07, 6.45) is -0.235. The third kappa shape index (κ3) is 5.50. The number of ether oxygens (including phenoxy) is 2. The van der Waals surface area contributed by atoms with E-state index in [0.29, 0.717) is 18.7 Å². The molecule has 0 bridgehead atoms. The molecular weight excluding hydrogens is 370 g/mol. The molecule has 150 valence electrons. The number of primary amides is 1. The summed E-state index contributed by atoms with van der Waals surface area (Å²) < 4.78 is 10.9. The Morgan fingerprint density at radius 1 is 1.30 bits per heavy atom. The molecule has 2 amide bonds. The van der Waals surface area contributed by atoms with Crippen LogP contribution in [0.5, 0.6) is 0 Å². The largest absolute Gasteiger partial charge is 0.459 e. The van der Waals surface area contributed by atoms with Crippen LogP contribution >= 0.6 is 11.3 Å². The monoisotopic (exact) mass is 397 g/mol. The van der Waals surface area contributed by atoms with E-state index >= 15 is 0 Å². The van der Waals surface area contributed by atoms with E-state index < -0.39 is 11.9 Å². The molecule has 1 saturated heterocycles. The number of carbonyl (C=O) groups is 3. The Labute approximate surface area is 163 Å². The zero-order valence-corrected chi connectivity index (χ0v) is 17.1. The lowest BCUT2D eigenvalue weighted by atomic mass is 10.1. The van der Waals surface area contributed by atoms with Gasteiger partial charge in [0.1, 0.15) is 5.00 Å². The molecule has 27 heavy (non-hydrogen) atoms. The Balaban J connectivity index is 2.18. The molecule has 1 aromatic heterocycles. The van der Waals surface area contributed by atoms with Gasteiger partial charge in [0.05, 0.1) is 35.3 Å². The number of amides is 2. The van der Waals surface area contributed by atoms with E-state index in [9.17, 15) is 14.4 Å². The van der Waals surface area contributed by atoms with Crippen LogP contribution in [0.25, 0.3) is 0 Å². The van der Waals surface area contributed by atoms with Crippen LogP contribution in [-0.4, -0.2) is 60.6 Å². The number of thiophene rings is 1. The zero-order valence-electron chi connectivity index (χ0n) is 16.3. The first-order valence-electron chi connectivity index (χ1n) is 8.90. The van der Waals surface area contributed by atoms with Crippen LogP contribution in [0.3, 0.4) is 0 Å². The SMILES string of the molecule is Cc1c(C(N)=O)sc(NC(=O)CN2C[C@@H](C)O[C@H](C)C2)c1C(=O)OC(C)C. The molecule has 1 aliphatic rings. The van der Waals surface area contributed by atoms with Gasteiger partial charge in [-0.05, 0) is 40.2 Å². The van der Waals surface area contributed by atoms with Crippen LogP contribution in [-0.2, 0) is 14.3 Å². The predicted molar refractivity (Wildman–Crippen MR) is 103 cm³/mol. The summed E-state index contributed by atoms with van der Waals surface area (Å²) in [5.74, 6) is -1.50. The molecule has 0 aromatic carbocycles. The molecule has 9 heteroatoms. The van der Waals surface area contributed by atoms with E-state index in [0.717, 1.165) is 11.3 Å². The van der Waals surface area contributed by atoms with Crippen LogP contribution in [0, 0.1) is 6.92 Å². The topological polar surface area (TPSA) is 111 Å². The van der Waals surface area contributed by atoms with Gasteiger partial charge in [-0.3, -0.25) is 14.5 Å². The third-order valence-corrected chi connectivity index (χ3v) is 5.25. The summed E-state index contributed by atoms with van der Waals surface area (Å²) in [5.41, 5.74) is 5.99. The van der Waals surface area contributed by atoms with Crippen LogP contribution in [0.4, 0.5) is 5.00 Å². The standard InChI is InChI=1S/C18H27N3O5S/c1-9(2)25-18(24)14-12(5)15(16(19)23)27-17(14)20-13(22)8-21-6-10(3)26-11(4)7-21/h9-11H,6-8H2,1-5H3,(H2,19,23)(H,20,22)/t10-,11-/m1/s1. The highest BCUT2D eigenvalue weighted by Crippen LogP contribution is 2.33. The number of rotatable bonds is 6. The number of nitrogens with two attached hydrogens (primary N) is 1. The normalized spacial score (nSPS) is 20.5. The van der Waals surface area contributed by atoms with Gasteiger partial charge < -0.3 is 20.5 Å². The number of anilines is 1. The first-order chi connectivity index (χ1) is 12.6. The van der Waals surface area contributed by atoms with Crippen LogP contribution in [0.1, 0.15) is 53.3 Å². The number of nitrogens with zero attached hydrogens (tertiary/aromatic N) is 1. The van der Waals surface area contributed by atoms with Gasteiger partial charge in [-0.1, -0.05) is 0 Å². The second kappa shape index (κ2) is 8.81. The lowest BCUT2D eigenvalue weighted by Gasteiger charge is -2.34. The lowest BCUT2D eigenvalue weighted by Crippen LogP contribution is -2.48. The quantitative estimate of drug-likeness (QED) is 0.708. The Morgan fingerprint density at radius 2 is 1.89 bits per heavy atom. The maximum Gasteiger partial charge on any atom is 0.341 e. The summed E-state index contributed by atoms with van der Waals surface area (Å²) in [6.45, 7) is 10.5. The molecule has 0 unspecified atom stereocenters. The molecule has 8 nitrogen and oxygen atoms in total. The van der Waals surface area contributed by atoms with Crippen molar-refractivity contribution in [2.24, 2.45) is 5.73 Å². The first-order valence-corrected chi connectivity index (χ1v) is 9.72. The van der Waals surface area contributed by atoms with Crippen LogP contribution in [0.15, 0.2) is 0 Å².